The van der Waals surface area contributed by atoms with Gasteiger partial charge < -0.3 is 11.1 Å². The third-order valence-electron chi connectivity index (χ3n) is 5.72. The summed E-state index contributed by atoms with van der Waals surface area (Å²) >= 11 is 6.15. The van der Waals surface area contributed by atoms with Crippen molar-refractivity contribution in [3.05, 3.63) is 58.1 Å². The van der Waals surface area contributed by atoms with Crippen LogP contribution in [0.15, 0.2) is 30.3 Å². The van der Waals surface area contributed by atoms with E-state index < -0.39 is 0 Å². The van der Waals surface area contributed by atoms with Gasteiger partial charge in [-0.15, -0.1) is 11.6 Å². The number of halogens is 1. The zero-order valence-electron chi connectivity index (χ0n) is 15.0. The van der Waals surface area contributed by atoms with E-state index >= 15 is 0 Å². The number of hydrogen-bond acceptors (Lipinski definition) is 2. The smallest absolute Gasteiger partial charge is 0.0582 e. The van der Waals surface area contributed by atoms with Crippen LogP contribution in [0.5, 0.6) is 0 Å². The van der Waals surface area contributed by atoms with E-state index in [-0.39, 0.29) is 0 Å². The molecule has 0 saturated heterocycles. The molecule has 2 nitrogen and oxygen atoms in total. The molecule has 1 saturated carbocycles. The first kappa shape index (κ1) is 17.2. The van der Waals surface area contributed by atoms with Gasteiger partial charge in [0, 0.05) is 18.8 Å². The average Bonchev–Trinajstić information content (AvgIpc) is 3.31. The van der Waals surface area contributed by atoms with Crippen LogP contribution in [-0.2, 0) is 5.88 Å². The van der Waals surface area contributed by atoms with Crippen molar-refractivity contribution in [2.45, 2.75) is 45.4 Å². The fourth-order valence-electron chi connectivity index (χ4n) is 3.73. The molecule has 2 aromatic carbocycles. The van der Waals surface area contributed by atoms with Crippen molar-refractivity contribution in [3.8, 4) is 0 Å². The van der Waals surface area contributed by atoms with Gasteiger partial charge in [0.1, 0.15) is 0 Å². The zero-order chi connectivity index (χ0) is 17.5. The van der Waals surface area contributed by atoms with E-state index in [1.165, 1.54) is 40.7 Å². The molecule has 0 amide bonds. The van der Waals surface area contributed by atoms with Crippen molar-refractivity contribution < 1.29 is 0 Å². The summed E-state index contributed by atoms with van der Waals surface area (Å²) < 4.78 is 0. The largest absolute Gasteiger partial charge is 0.397 e. The van der Waals surface area contributed by atoms with Crippen LogP contribution in [0, 0.1) is 19.3 Å². The summed E-state index contributed by atoms with van der Waals surface area (Å²) in [5.74, 6) is 0.927. The van der Waals surface area contributed by atoms with Crippen LogP contribution in [0.4, 0.5) is 11.4 Å². The zero-order valence-corrected chi connectivity index (χ0v) is 15.8. The SMILES string of the molecule is CNc1ccc(C(c2ccc(C)c(CCl)c2)C2(C)CC2)c(C)c1N. The molecule has 0 spiro atoms. The van der Waals surface area contributed by atoms with Gasteiger partial charge in [0.2, 0.25) is 0 Å². The number of alkyl halides is 1. The van der Waals surface area contributed by atoms with E-state index in [4.69, 9.17) is 17.3 Å². The lowest BCUT2D eigenvalue weighted by Crippen LogP contribution is -2.15. The number of nitrogens with two attached hydrogens (primary N) is 1. The second-order valence-corrected chi connectivity index (χ2v) is 7.66. The Kier molecular flexibility index (Phi) is 4.52. The summed E-state index contributed by atoms with van der Waals surface area (Å²) in [7, 11) is 1.91. The monoisotopic (exact) mass is 342 g/mol. The Labute approximate surface area is 150 Å². The molecular weight excluding hydrogens is 316 g/mol. The molecule has 0 heterocycles. The highest BCUT2D eigenvalue weighted by atomic mass is 35.5. The van der Waals surface area contributed by atoms with Crippen LogP contribution >= 0.6 is 11.6 Å². The average molecular weight is 343 g/mol. The van der Waals surface area contributed by atoms with Crippen LogP contribution in [0.3, 0.4) is 0 Å². The van der Waals surface area contributed by atoms with Crippen molar-refractivity contribution >= 4 is 23.0 Å². The van der Waals surface area contributed by atoms with Gasteiger partial charge in [0.15, 0.2) is 0 Å². The van der Waals surface area contributed by atoms with Gasteiger partial charge in [-0.25, -0.2) is 0 Å². The van der Waals surface area contributed by atoms with Crippen LogP contribution < -0.4 is 11.1 Å². The van der Waals surface area contributed by atoms with Gasteiger partial charge in [0.25, 0.3) is 0 Å². The maximum atomic E-state index is 6.37. The maximum Gasteiger partial charge on any atom is 0.0582 e. The second-order valence-electron chi connectivity index (χ2n) is 7.40. The highest BCUT2D eigenvalue weighted by molar-refractivity contribution is 6.17. The van der Waals surface area contributed by atoms with Crippen molar-refractivity contribution in [2.75, 3.05) is 18.1 Å². The Morgan fingerprint density at radius 2 is 1.92 bits per heavy atom. The van der Waals surface area contributed by atoms with Gasteiger partial charge in [-0.05, 0) is 66.0 Å². The second kappa shape index (κ2) is 6.33. The van der Waals surface area contributed by atoms with Crippen LogP contribution in [-0.4, -0.2) is 7.05 Å². The Morgan fingerprint density at radius 3 is 2.50 bits per heavy atom. The summed E-state index contributed by atoms with van der Waals surface area (Å²) in [4.78, 5) is 0. The molecule has 1 fully saturated rings. The van der Waals surface area contributed by atoms with E-state index in [9.17, 15) is 0 Å². The van der Waals surface area contributed by atoms with Gasteiger partial charge in [-0.3, -0.25) is 0 Å². The first-order chi connectivity index (χ1) is 11.4. The van der Waals surface area contributed by atoms with Crippen LogP contribution in [0.1, 0.15) is 53.5 Å². The van der Waals surface area contributed by atoms with Crippen molar-refractivity contribution in [3.63, 3.8) is 0 Å². The Hall–Kier alpha value is -1.67. The minimum Gasteiger partial charge on any atom is -0.397 e. The molecule has 0 aliphatic heterocycles. The van der Waals surface area contributed by atoms with E-state index in [2.05, 4.69) is 56.4 Å². The van der Waals surface area contributed by atoms with E-state index in [1.807, 2.05) is 7.05 Å². The molecule has 0 radical (unpaired) electrons. The number of rotatable bonds is 5. The molecule has 1 aliphatic carbocycles. The van der Waals surface area contributed by atoms with E-state index in [1.54, 1.807) is 0 Å². The van der Waals surface area contributed by atoms with Crippen LogP contribution in [0.2, 0.25) is 0 Å². The fourth-order valence-corrected chi connectivity index (χ4v) is 4.02. The standard InChI is InChI=1S/C21H27ClN2/c1-13-5-6-15(11-16(13)12-22)19(21(3)9-10-21)17-7-8-18(24-4)20(23)14(17)2/h5-8,11,19,24H,9-10,12,23H2,1-4H3. The first-order valence-electron chi connectivity index (χ1n) is 8.63. The number of hydrogen-bond donors (Lipinski definition) is 2. The molecule has 0 aromatic heterocycles. The lowest BCUT2D eigenvalue weighted by molar-refractivity contribution is 0.493. The third-order valence-corrected chi connectivity index (χ3v) is 6.01. The Balaban J connectivity index is 2.14. The Morgan fingerprint density at radius 1 is 1.21 bits per heavy atom. The highest BCUT2D eigenvalue weighted by Crippen LogP contribution is 2.59. The minimum absolute atomic E-state index is 0.317. The number of nitrogen functional groups attached to an aromatic ring is 1. The summed E-state index contributed by atoms with van der Waals surface area (Å²) in [6, 6.07) is 11.1. The summed E-state index contributed by atoms with van der Waals surface area (Å²) in [6.45, 7) is 6.65. The van der Waals surface area contributed by atoms with Gasteiger partial charge >= 0.3 is 0 Å². The van der Waals surface area contributed by atoms with Crippen LogP contribution in [0.25, 0.3) is 0 Å². The highest BCUT2D eigenvalue weighted by Gasteiger charge is 2.46. The lowest BCUT2D eigenvalue weighted by atomic mass is 9.76. The molecule has 24 heavy (non-hydrogen) atoms. The maximum absolute atomic E-state index is 6.37. The molecule has 0 bridgehead atoms. The number of aryl methyl sites for hydroxylation is 1. The predicted octanol–water partition coefficient (Wildman–Crippen LogP) is 5.60. The minimum atomic E-state index is 0.317. The number of benzene rings is 2. The molecule has 1 aliphatic rings. The third kappa shape index (κ3) is 2.88. The molecular formula is C21H27ClN2. The molecule has 3 heteroatoms. The van der Waals surface area contributed by atoms with E-state index in [0.29, 0.717) is 17.2 Å². The van der Waals surface area contributed by atoms with E-state index in [0.717, 1.165) is 11.4 Å². The lowest BCUT2D eigenvalue weighted by Gasteiger charge is -2.28. The van der Waals surface area contributed by atoms with Crippen molar-refractivity contribution in [1.82, 2.24) is 0 Å². The van der Waals surface area contributed by atoms with Gasteiger partial charge in [0.05, 0.1) is 11.4 Å². The molecule has 3 rings (SSSR count). The fraction of sp³-hybridized carbons (Fsp3) is 0.429. The van der Waals surface area contributed by atoms with Gasteiger partial charge in [-0.2, -0.15) is 0 Å². The molecule has 1 unspecified atom stereocenters. The molecule has 128 valence electrons. The van der Waals surface area contributed by atoms with Gasteiger partial charge in [-0.1, -0.05) is 31.2 Å². The molecule has 1 atom stereocenters. The topological polar surface area (TPSA) is 38.0 Å². The summed E-state index contributed by atoms with van der Waals surface area (Å²) in [5, 5.41) is 3.18. The predicted molar refractivity (Wildman–Crippen MR) is 105 cm³/mol. The van der Waals surface area contributed by atoms with Crippen molar-refractivity contribution in [1.29, 1.82) is 0 Å². The Bertz CT molecular complexity index is 763. The first-order valence-corrected chi connectivity index (χ1v) is 9.17. The quantitative estimate of drug-likeness (QED) is 0.548. The molecule has 2 aromatic rings. The number of nitrogens with one attached hydrogen (secondary N) is 1. The van der Waals surface area contributed by atoms with Crippen molar-refractivity contribution in [2.24, 2.45) is 5.41 Å². The number of anilines is 2. The summed E-state index contributed by atoms with van der Waals surface area (Å²) in [6.07, 6.45) is 2.52. The normalized spacial score (nSPS) is 16.7. The molecule has 3 N–H and O–H groups in total. The summed E-state index contributed by atoms with van der Waals surface area (Å²) in [5.41, 5.74) is 14.9.